The summed E-state index contributed by atoms with van der Waals surface area (Å²) in [7, 11) is 2.16. The maximum atomic E-state index is 5.02. The molecule has 0 radical (unpaired) electrons. The second-order valence-electron chi connectivity index (χ2n) is 9.02. The molecule has 0 aliphatic rings. The fourth-order valence-corrected chi connectivity index (χ4v) is 4.16. The van der Waals surface area contributed by atoms with Gasteiger partial charge in [-0.05, 0) is 98.5 Å². The molecule has 0 bridgehead atoms. The average molecular weight is 406 g/mol. The summed E-state index contributed by atoms with van der Waals surface area (Å²) in [6, 6.07) is 9.26. The molecule has 2 aromatic carbocycles. The molecule has 3 heteroatoms. The molecule has 2 atom stereocenters. The van der Waals surface area contributed by atoms with E-state index < -0.39 is 0 Å². The molecule has 0 N–H and O–H groups in total. The van der Waals surface area contributed by atoms with Gasteiger partial charge in [0.2, 0.25) is 0 Å². The first kappa shape index (κ1) is 24.0. The molecule has 30 heavy (non-hydrogen) atoms. The van der Waals surface area contributed by atoms with Crippen LogP contribution in [0.1, 0.15) is 61.1 Å². The first-order valence-corrected chi connectivity index (χ1v) is 10.9. The molecule has 0 amide bonds. The minimum atomic E-state index is 0.213. The van der Waals surface area contributed by atoms with Crippen molar-refractivity contribution < 1.29 is 0 Å². The summed E-state index contributed by atoms with van der Waals surface area (Å²) < 4.78 is 0. The Hall–Kier alpha value is -2.26. The van der Waals surface area contributed by atoms with Gasteiger partial charge in [0.15, 0.2) is 0 Å². The Morgan fingerprint density at radius 3 is 1.17 bits per heavy atom. The Balaban J connectivity index is 2.28. The number of aryl methyl sites for hydroxylation is 6. The molecule has 2 aromatic rings. The molecule has 162 valence electrons. The molecule has 0 aliphatic heterocycles. The average Bonchev–Trinajstić information content (AvgIpc) is 2.65. The summed E-state index contributed by atoms with van der Waals surface area (Å²) in [5, 5.41) is 0. The van der Waals surface area contributed by atoms with E-state index in [1.807, 2.05) is 0 Å². The van der Waals surface area contributed by atoms with E-state index in [1.54, 1.807) is 0 Å². The van der Waals surface area contributed by atoms with Gasteiger partial charge in [-0.25, -0.2) is 0 Å². The highest BCUT2D eigenvalue weighted by atomic mass is 15.2. The van der Waals surface area contributed by atoms with Crippen molar-refractivity contribution in [1.82, 2.24) is 4.90 Å². The Labute approximate surface area is 184 Å². The third kappa shape index (κ3) is 5.46. The van der Waals surface area contributed by atoms with Crippen LogP contribution >= 0.6 is 0 Å². The van der Waals surface area contributed by atoms with Crippen LogP contribution in [-0.2, 0) is 0 Å². The first-order valence-electron chi connectivity index (χ1n) is 10.9. The summed E-state index contributed by atoms with van der Waals surface area (Å²) in [6.07, 6.45) is 0. The van der Waals surface area contributed by atoms with Crippen molar-refractivity contribution in [3.63, 3.8) is 0 Å². The number of aliphatic imine (C=N–C) groups is 2. The topological polar surface area (TPSA) is 28.0 Å². The lowest BCUT2D eigenvalue weighted by molar-refractivity contribution is 0.287. The first-order chi connectivity index (χ1) is 13.9. The van der Waals surface area contributed by atoms with Crippen molar-refractivity contribution in [2.75, 3.05) is 7.05 Å². The standard InChI is InChI=1S/C27H39N3/c1-16-12-18(3)26(19(4)13-16)28-22(7)24(9)30(11)25(10)23(8)29-27-20(5)14-17(2)15-21(27)6/h12-15,24-25H,1-11H3. The Bertz CT molecular complexity index is 856. The third-order valence-electron chi connectivity index (χ3n) is 6.28. The maximum Gasteiger partial charge on any atom is 0.0688 e. The van der Waals surface area contributed by atoms with Gasteiger partial charge in [-0.15, -0.1) is 0 Å². The van der Waals surface area contributed by atoms with Gasteiger partial charge in [-0.2, -0.15) is 0 Å². The quantitative estimate of drug-likeness (QED) is 0.470. The van der Waals surface area contributed by atoms with E-state index in [1.165, 1.54) is 33.4 Å². The van der Waals surface area contributed by atoms with Crippen LogP contribution in [0.5, 0.6) is 0 Å². The fourth-order valence-electron chi connectivity index (χ4n) is 4.16. The van der Waals surface area contributed by atoms with Crippen molar-refractivity contribution >= 4 is 22.8 Å². The van der Waals surface area contributed by atoms with Crippen LogP contribution in [0.4, 0.5) is 11.4 Å². The largest absolute Gasteiger partial charge is 0.290 e. The molecule has 0 aromatic heterocycles. The smallest absolute Gasteiger partial charge is 0.0688 e. The minimum absolute atomic E-state index is 0.213. The molecular formula is C27H39N3. The van der Waals surface area contributed by atoms with Gasteiger partial charge in [0.1, 0.15) is 0 Å². The molecule has 3 nitrogen and oxygen atoms in total. The number of hydrogen-bond donors (Lipinski definition) is 0. The van der Waals surface area contributed by atoms with E-state index in [-0.39, 0.29) is 12.1 Å². The summed E-state index contributed by atoms with van der Waals surface area (Å²) in [4.78, 5) is 12.4. The lowest BCUT2D eigenvalue weighted by Crippen LogP contribution is -2.44. The second-order valence-corrected chi connectivity index (χ2v) is 9.02. The van der Waals surface area contributed by atoms with E-state index in [9.17, 15) is 0 Å². The van der Waals surface area contributed by atoms with E-state index in [0.29, 0.717) is 0 Å². The molecule has 0 aliphatic carbocycles. The monoisotopic (exact) mass is 405 g/mol. The molecule has 2 rings (SSSR count). The van der Waals surface area contributed by atoms with Crippen LogP contribution < -0.4 is 0 Å². The zero-order chi connectivity index (χ0) is 22.7. The van der Waals surface area contributed by atoms with Crippen LogP contribution in [0, 0.1) is 41.5 Å². The molecule has 0 spiro atoms. The van der Waals surface area contributed by atoms with Gasteiger partial charge in [0.05, 0.1) is 11.4 Å². The van der Waals surface area contributed by atoms with Crippen molar-refractivity contribution in [2.45, 2.75) is 81.3 Å². The third-order valence-corrected chi connectivity index (χ3v) is 6.28. The zero-order valence-corrected chi connectivity index (χ0v) is 20.8. The molecule has 2 unspecified atom stereocenters. The highest BCUT2D eigenvalue weighted by molar-refractivity contribution is 5.93. The van der Waals surface area contributed by atoms with Crippen LogP contribution in [0.2, 0.25) is 0 Å². The molecule has 0 heterocycles. The highest BCUT2D eigenvalue weighted by Crippen LogP contribution is 2.27. The second kappa shape index (κ2) is 9.70. The van der Waals surface area contributed by atoms with Crippen molar-refractivity contribution in [1.29, 1.82) is 0 Å². The number of benzene rings is 2. The Morgan fingerprint density at radius 2 is 0.900 bits per heavy atom. The van der Waals surface area contributed by atoms with E-state index in [0.717, 1.165) is 22.8 Å². The van der Waals surface area contributed by atoms with E-state index in [2.05, 4.69) is 105 Å². The van der Waals surface area contributed by atoms with Crippen molar-refractivity contribution in [3.05, 3.63) is 57.6 Å². The Morgan fingerprint density at radius 1 is 0.633 bits per heavy atom. The highest BCUT2D eigenvalue weighted by Gasteiger charge is 2.21. The zero-order valence-electron chi connectivity index (χ0n) is 20.8. The predicted molar refractivity (Wildman–Crippen MR) is 134 cm³/mol. The Kier molecular flexibility index (Phi) is 7.76. The normalized spacial score (nSPS) is 14.9. The SMILES string of the molecule is CC(=Nc1c(C)cc(C)cc1C)C(C)N(C)C(C)C(C)=Nc1c(C)cc(C)cc1C. The number of nitrogens with zero attached hydrogens (tertiary/aromatic N) is 3. The lowest BCUT2D eigenvalue weighted by atomic mass is 10.0. The predicted octanol–water partition coefficient (Wildman–Crippen LogP) is 7.13. The van der Waals surface area contributed by atoms with Gasteiger partial charge in [0.25, 0.3) is 0 Å². The summed E-state index contributed by atoms with van der Waals surface area (Å²) in [6.45, 7) is 21.6. The van der Waals surface area contributed by atoms with Gasteiger partial charge in [0, 0.05) is 23.5 Å². The van der Waals surface area contributed by atoms with Crippen LogP contribution in [0.15, 0.2) is 34.3 Å². The molecular weight excluding hydrogens is 366 g/mol. The fraction of sp³-hybridized carbons (Fsp3) is 0.481. The van der Waals surface area contributed by atoms with Gasteiger partial charge < -0.3 is 0 Å². The lowest BCUT2D eigenvalue weighted by Gasteiger charge is -2.31. The van der Waals surface area contributed by atoms with Crippen molar-refractivity contribution in [2.24, 2.45) is 9.98 Å². The van der Waals surface area contributed by atoms with Crippen LogP contribution in [0.3, 0.4) is 0 Å². The summed E-state index contributed by atoms with van der Waals surface area (Å²) in [5.74, 6) is 0. The minimum Gasteiger partial charge on any atom is -0.290 e. The number of hydrogen-bond acceptors (Lipinski definition) is 3. The molecule has 0 fully saturated rings. The van der Waals surface area contributed by atoms with E-state index >= 15 is 0 Å². The molecule has 0 saturated heterocycles. The van der Waals surface area contributed by atoms with Gasteiger partial charge in [-0.1, -0.05) is 35.4 Å². The van der Waals surface area contributed by atoms with Crippen molar-refractivity contribution in [3.8, 4) is 0 Å². The van der Waals surface area contributed by atoms with Crippen LogP contribution in [0.25, 0.3) is 0 Å². The molecule has 0 saturated carbocycles. The van der Waals surface area contributed by atoms with E-state index in [4.69, 9.17) is 9.98 Å². The van der Waals surface area contributed by atoms with Gasteiger partial charge in [-0.3, -0.25) is 14.9 Å². The van der Waals surface area contributed by atoms with Crippen LogP contribution in [-0.4, -0.2) is 35.5 Å². The summed E-state index contributed by atoms with van der Waals surface area (Å²) in [5.41, 5.74) is 11.9. The maximum absolute atomic E-state index is 5.02. The summed E-state index contributed by atoms with van der Waals surface area (Å²) >= 11 is 0. The number of rotatable bonds is 6. The van der Waals surface area contributed by atoms with Gasteiger partial charge >= 0.3 is 0 Å².